The number of amides is 1. The summed E-state index contributed by atoms with van der Waals surface area (Å²) in [6.07, 6.45) is 1.54. The maximum absolute atomic E-state index is 12.8. The summed E-state index contributed by atoms with van der Waals surface area (Å²) in [7, 11) is 0. The zero-order valence-electron chi connectivity index (χ0n) is 15.5. The number of nitrogens with zero attached hydrogens (tertiary/aromatic N) is 2. The van der Waals surface area contributed by atoms with Crippen LogP contribution in [0.2, 0.25) is 0 Å². The summed E-state index contributed by atoms with van der Waals surface area (Å²) in [6, 6.07) is 17.2. The molecule has 1 fully saturated rings. The summed E-state index contributed by atoms with van der Waals surface area (Å²) < 4.78 is 0. The Morgan fingerprint density at radius 1 is 1.11 bits per heavy atom. The van der Waals surface area contributed by atoms with Gasteiger partial charge in [0.1, 0.15) is 0 Å². The number of fused-ring (bicyclic) bond motifs is 2. The number of para-hydroxylation sites is 2. The van der Waals surface area contributed by atoms with Crippen molar-refractivity contribution in [2.45, 2.75) is 35.6 Å². The first-order valence-corrected chi connectivity index (χ1v) is 10.1. The van der Waals surface area contributed by atoms with E-state index in [4.69, 9.17) is 5.73 Å². The first-order valence-electron chi connectivity index (χ1n) is 9.30. The van der Waals surface area contributed by atoms with E-state index in [1.165, 1.54) is 21.2 Å². The SMILES string of the molecule is CC1CC(CN)CN1C(=O)CCN1c2ccccc2Sc2ccccc21.Cl. The molecule has 0 radical (unpaired) electrons. The molecule has 4 rings (SSSR count). The fourth-order valence-corrected chi connectivity index (χ4v) is 5.13. The van der Waals surface area contributed by atoms with E-state index in [1.54, 1.807) is 11.8 Å². The van der Waals surface area contributed by atoms with Gasteiger partial charge in [0.25, 0.3) is 0 Å². The third-order valence-corrected chi connectivity index (χ3v) is 6.53. The first-order chi connectivity index (χ1) is 12.7. The maximum atomic E-state index is 12.8. The van der Waals surface area contributed by atoms with Crippen molar-refractivity contribution < 1.29 is 4.79 Å². The number of hydrogen-bond donors (Lipinski definition) is 1. The molecule has 0 saturated carbocycles. The predicted molar refractivity (Wildman–Crippen MR) is 114 cm³/mol. The second-order valence-corrected chi connectivity index (χ2v) is 8.26. The predicted octanol–water partition coefficient (Wildman–Crippen LogP) is 4.30. The highest BCUT2D eigenvalue weighted by atomic mass is 35.5. The van der Waals surface area contributed by atoms with Gasteiger partial charge in [0, 0.05) is 35.3 Å². The summed E-state index contributed by atoms with van der Waals surface area (Å²) in [5, 5.41) is 0. The van der Waals surface area contributed by atoms with Gasteiger partial charge >= 0.3 is 0 Å². The molecule has 2 aromatic carbocycles. The van der Waals surface area contributed by atoms with Gasteiger partial charge in [-0.2, -0.15) is 0 Å². The van der Waals surface area contributed by atoms with Gasteiger partial charge < -0.3 is 15.5 Å². The highest BCUT2D eigenvalue weighted by Gasteiger charge is 2.32. The van der Waals surface area contributed by atoms with Crippen molar-refractivity contribution >= 4 is 41.5 Å². The van der Waals surface area contributed by atoms with E-state index in [0.29, 0.717) is 31.5 Å². The summed E-state index contributed by atoms with van der Waals surface area (Å²) in [5.74, 6) is 0.684. The number of hydrogen-bond acceptors (Lipinski definition) is 4. The van der Waals surface area contributed by atoms with Crippen molar-refractivity contribution in [1.29, 1.82) is 0 Å². The zero-order chi connectivity index (χ0) is 18.1. The molecular formula is C21H26ClN3OS. The lowest BCUT2D eigenvalue weighted by Crippen LogP contribution is -2.36. The Balaban J connectivity index is 0.00000210. The highest BCUT2D eigenvalue weighted by molar-refractivity contribution is 7.99. The van der Waals surface area contributed by atoms with Crippen molar-refractivity contribution in [1.82, 2.24) is 4.90 Å². The molecule has 0 aliphatic carbocycles. The molecule has 0 bridgehead atoms. The van der Waals surface area contributed by atoms with Crippen LogP contribution in [-0.4, -0.2) is 36.5 Å². The standard InChI is InChI=1S/C21H25N3OS.ClH/c1-15-12-16(13-22)14-24(15)21(25)10-11-23-17-6-2-4-8-19(17)26-20-9-5-3-7-18(20)23;/h2-9,15-16H,10-14,22H2,1H3;1H. The van der Waals surface area contributed by atoms with E-state index in [1.807, 2.05) is 4.90 Å². The molecule has 6 heteroatoms. The summed E-state index contributed by atoms with van der Waals surface area (Å²) in [4.78, 5) is 19.6. The van der Waals surface area contributed by atoms with Crippen LogP contribution in [0.25, 0.3) is 0 Å². The van der Waals surface area contributed by atoms with Crippen LogP contribution in [0.1, 0.15) is 19.8 Å². The molecular weight excluding hydrogens is 378 g/mol. The topological polar surface area (TPSA) is 49.6 Å². The van der Waals surface area contributed by atoms with E-state index in [0.717, 1.165) is 13.0 Å². The van der Waals surface area contributed by atoms with Gasteiger partial charge in [-0.25, -0.2) is 0 Å². The van der Waals surface area contributed by atoms with Gasteiger partial charge in [-0.1, -0.05) is 36.0 Å². The number of rotatable bonds is 4. The Kier molecular flexibility index (Phi) is 6.35. The third kappa shape index (κ3) is 3.96. The molecule has 2 atom stereocenters. The Morgan fingerprint density at radius 3 is 2.26 bits per heavy atom. The average molecular weight is 404 g/mol. The van der Waals surface area contributed by atoms with Gasteiger partial charge in [-0.05, 0) is 50.1 Å². The normalized spacial score (nSPS) is 20.7. The van der Waals surface area contributed by atoms with E-state index < -0.39 is 0 Å². The number of carbonyl (C=O) groups is 1. The van der Waals surface area contributed by atoms with Crippen LogP contribution in [0, 0.1) is 5.92 Å². The summed E-state index contributed by atoms with van der Waals surface area (Å²) >= 11 is 1.80. The van der Waals surface area contributed by atoms with Crippen LogP contribution in [-0.2, 0) is 4.79 Å². The Bertz CT molecular complexity index is 770. The van der Waals surface area contributed by atoms with Gasteiger partial charge in [0.2, 0.25) is 5.91 Å². The Morgan fingerprint density at radius 2 is 1.70 bits per heavy atom. The molecule has 27 heavy (non-hydrogen) atoms. The molecule has 144 valence electrons. The van der Waals surface area contributed by atoms with Crippen molar-refractivity contribution in [3.05, 3.63) is 48.5 Å². The van der Waals surface area contributed by atoms with Crippen molar-refractivity contribution in [2.24, 2.45) is 11.7 Å². The van der Waals surface area contributed by atoms with E-state index >= 15 is 0 Å². The number of carbonyl (C=O) groups excluding carboxylic acids is 1. The van der Waals surface area contributed by atoms with Gasteiger partial charge in [-0.15, -0.1) is 12.4 Å². The van der Waals surface area contributed by atoms with Gasteiger partial charge in [0.05, 0.1) is 11.4 Å². The zero-order valence-corrected chi connectivity index (χ0v) is 17.1. The molecule has 2 aromatic rings. The van der Waals surface area contributed by atoms with Gasteiger partial charge in [0.15, 0.2) is 0 Å². The van der Waals surface area contributed by atoms with Crippen LogP contribution in [0.3, 0.4) is 0 Å². The first kappa shape index (κ1) is 20.1. The summed E-state index contributed by atoms with van der Waals surface area (Å²) in [5.41, 5.74) is 8.19. The lowest BCUT2D eigenvalue weighted by atomic mass is 10.1. The smallest absolute Gasteiger partial charge is 0.224 e. The van der Waals surface area contributed by atoms with Crippen LogP contribution in [0.15, 0.2) is 58.3 Å². The molecule has 2 aliphatic rings. The molecule has 1 amide bonds. The molecule has 1 saturated heterocycles. The lowest BCUT2D eigenvalue weighted by molar-refractivity contribution is -0.131. The molecule has 0 aromatic heterocycles. The fraction of sp³-hybridized carbons (Fsp3) is 0.381. The number of halogens is 1. The lowest BCUT2D eigenvalue weighted by Gasteiger charge is -2.33. The monoisotopic (exact) mass is 403 g/mol. The minimum Gasteiger partial charge on any atom is -0.340 e. The maximum Gasteiger partial charge on any atom is 0.224 e. The van der Waals surface area contributed by atoms with Gasteiger partial charge in [-0.3, -0.25) is 4.79 Å². The molecule has 2 N–H and O–H groups in total. The molecule has 2 aliphatic heterocycles. The molecule has 2 unspecified atom stereocenters. The quantitative estimate of drug-likeness (QED) is 0.826. The van der Waals surface area contributed by atoms with E-state index in [9.17, 15) is 4.79 Å². The summed E-state index contributed by atoms with van der Waals surface area (Å²) in [6.45, 7) is 4.30. The van der Waals surface area contributed by atoms with Crippen LogP contribution in [0.5, 0.6) is 0 Å². The van der Waals surface area contributed by atoms with E-state index in [2.05, 4.69) is 60.4 Å². The van der Waals surface area contributed by atoms with Crippen LogP contribution < -0.4 is 10.6 Å². The van der Waals surface area contributed by atoms with Crippen molar-refractivity contribution in [2.75, 3.05) is 24.5 Å². The minimum absolute atomic E-state index is 0. The average Bonchev–Trinajstić information content (AvgIpc) is 3.06. The van der Waals surface area contributed by atoms with Crippen molar-refractivity contribution in [3.8, 4) is 0 Å². The van der Waals surface area contributed by atoms with E-state index in [-0.39, 0.29) is 18.3 Å². The van der Waals surface area contributed by atoms with Crippen molar-refractivity contribution in [3.63, 3.8) is 0 Å². The van der Waals surface area contributed by atoms with Crippen LogP contribution >= 0.6 is 24.2 Å². The number of anilines is 2. The Hall–Kier alpha value is -1.69. The number of likely N-dealkylation sites (tertiary alicyclic amines) is 1. The largest absolute Gasteiger partial charge is 0.340 e. The molecule has 0 spiro atoms. The second kappa shape index (κ2) is 8.55. The van der Waals surface area contributed by atoms with Crippen LogP contribution in [0.4, 0.5) is 11.4 Å². The highest BCUT2D eigenvalue weighted by Crippen LogP contribution is 2.47. The molecule has 4 nitrogen and oxygen atoms in total. The molecule has 2 heterocycles. The second-order valence-electron chi connectivity index (χ2n) is 7.17. The Labute approximate surface area is 171 Å². The minimum atomic E-state index is 0. The third-order valence-electron chi connectivity index (χ3n) is 5.40. The number of benzene rings is 2. The fourth-order valence-electron chi connectivity index (χ4n) is 4.03. The number of nitrogens with two attached hydrogens (primary N) is 1.